The Morgan fingerprint density at radius 1 is 1.00 bits per heavy atom. The molecular weight excluding hydrogens is 174 g/mol. The molecule has 0 radical (unpaired) electrons. The van der Waals surface area contributed by atoms with Crippen LogP contribution in [0.2, 0.25) is 0 Å². The predicted molar refractivity (Wildman–Crippen MR) is 62.6 cm³/mol. The van der Waals surface area contributed by atoms with E-state index in [-0.39, 0.29) is 0 Å². The van der Waals surface area contributed by atoms with Crippen LogP contribution < -0.4 is 0 Å². The van der Waals surface area contributed by atoms with Gasteiger partial charge in [-0.2, -0.15) is 0 Å². The molecule has 86 valence electrons. The molecule has 1 N–H and O–H groups in total. The van der Waals surface area contributed by atoms with Crippen LogP contribution in [0.25, 0.3) is 0 Å². The molecule has 0 amide bonds. The van der Waals surface area contributed by atoms with Crippen LogP contribution in [0.15, 0.2) is 0 Å². The van der Waals surface area contributed by atoms with Crippen molar-refractivity contribution in [1.29, 1.82) is 0 Å². The Morgan fingerprint density at radius 3 is 1.71 bits per heavy atom. The van der Waals surface area contributed by atoms with Gasteiger partial charge in [0.05, 0.1) is 5.60 Å². The Kier molecular flexibility index (Phi) is 7.20. The van der Waals surface area contributed by atoms with Crippen molar-refractivity contribution < 1.29 is 5.11 Å². The Balaban J connectivity index is 3.84. The fourth-order valence-corrected chi connectivity index (χ4v) is 1.58. The van der Waals surface area contributed by atoms with E-state index in [1.165, 1.54) is 25.7 Å². The summed E-state index contributed by atoms with van der Waals surface area (Å²) in [4.78, 5) is 2.38. The number of rotatable bonds is 8. The first-order valence-corrected chi connectivity index (χ1v) is 5.94. The molecule has 0 rings (SSSR count). The lowest BCUT2D eigenvalue weighted by molar-refractivity contribution is 0.0353. The second-order valence-electron chi connectivity index (χ2n) is 4.80. The van der Waals surface area contributed by atoms with E-state index in [0.717, 1.165) is 19.6 Å². The average Bonchev–Trinajstić information content (AvgIpc) is 2.07. The summed E-state index contributed by atoms with van der Waals surface area (Å²) in [6, 6.07) is 0. The normalized spacial score (nSPS) is 12.4. The van der Waals surface area contributed by atoms with E-state index in [1.807, 2.05) is 13.8 Å². The van der Waals surface area contributed by atoms with Crippen LogP contribution in [0.5, 0.6) is 0 Å². The Labute approximate surface area is 89.3 Å². The molecule has 2 nitrogen and oxygen atoms in total. The van der Waals surface area contributed by atoms with Gasteiger partial charge in [0.1, 0.15) is 0 Å². The van der Waals surface area contributed by atoms with Gasteiger partial charge in [-0.25, -0.2) is 0 Å². The molecule has 0 saturated carbocycles. The van der Waals surface area contributed by atoms with Crippen molar-refractivity contribution in [2.75, 3.05) is 19.6 Å². The number of hydrogen-bond acceptors (Lipinski definition) is 2. The van der Waals surface area contributed by atoms with Crippen molar-refractivity contribution >= 4 is 0 Å². The second kappa shape index (κ2) is 7.24. The van der Waals surface area contributed by atoms with Crippen LogP contribution in [0, 0.1) is 0 Å². The van der Waals surface area contributed by atoms with Gasteiger partial charge in [0.15, 0.2) is 0 Å². The summed E-state index contributed by atoms with van der Waals surface area (Å²) in [6.07, 6.45) is 4.93. The Hall–Kier alpha value is -0.0800. The standard InChI is InChI=1S/C12H27NO/c1-5-7-9-13(10-8-6-2)11-12(3,4)14/h14H,5-11H2,1-4H3. The molecule has 14 heavy (non-hydrogen) atoms. The molecule has 0 aromatic rings. The van der Waals surface area contributed by atoms with Gasteiger partial charge in [-0.05, 0) is 39.8 Å². The van der Waals surface area contributed by atoms with E-state index in [9.17, 15) is 5.11 Å². The quantitative estimate of drug-likeness (QED) is 0.652. The van der Waals surface area contributed by atoms with Gasteiger partial charge in [-0.1, -0.05) is 26.7 Å². The first-order chi connectivity index (χ1) is 6.49. The molecule has 0 spiro atoms. The van der Waals surface area contributed by atoms with E-state index in [2.05, 4.69) is 18.7 Å². The summed E-state index contributed by atoms with van der Waals surface area (Å²) in [7, 11) is 0. The van der Waals surface area contributed by atoms with Crippen molar-refractivity contribution in [3.05, 3.63) is 0 Å². The minimum atomic E-state index is -0.554. The number of aliphatic hydroxyl groups is 1. The highest BCUT2D eigenvalue weighted by molar-refractivity contribution is 4.71. The topological polar surface area (TPSA) is 23.5 Å². The maximum absolute atomic E-state index is 9.75. The van der Waals surface area contributed by atoms with Gasteiger partial charge >= 0.3 is 0 Å². The summed E-state index contributed by atoms with van der Waals surface area (Å²) >= 11 is 0. The van der Waals surface area contributed by atoms with Crippen LogP contribution in [-0.2, 0) is 0 Å². The maximum Gasteiger partial charge on any atom is 0.0718 e. The summed E-state index contributed by atoms with van der Waals surface area (Å²) in [5.74, 6) is 0. The monoisotopic (exact) mass is 201 g/mol. The zero-order chi connectivity index (χ0) is 11.0. The molecule has 0 aromatic carbocycles. The summed E-state index contributed by atoms with van der Waals surface area (Å²) in [6.45, 7) is 11.2. The zero-order valence-corrected chi connectivity index (χ0v) is 10.3. The largest absolute Gasteiger partial charge is 0.389 e. The second-order valence-corrected chi connectivity index (χ2v) is 4.80. The van der Waals surface area contributed by atoms with Crippen molar-refractivity contribution in [3.8, 4) is 0 Å². The smallest absolute Gasteiger partial charge is 0.0718 e. The molecule has 0 aromatic heterocycles. The van der Waals surface area contributed by atoms with Gasteiger partial charge in [0, 0.05) is 6.54 Å². The highest BCUT2D eigenvalue weighted by atomic mass is 16.3. The molecule has 0 saturated heterocycles. The SMILES string of the molecule is CCCCN(CCCC)CC(C)(C)O. The maximum atomic E-state index is 9.75. The van der Waals surface area contributed by atoms with Gasteiger partial charge in [-0.15, -0.1) is 0 Å². The van der Waals surface area contributed by atoms with Crippen molar-refractivity contribution in [2.24, 2.45) is 0 Å². The van der Waals surface area contributed by atoms with Gasteiger partial charge in [-0.3, -0.25) is 0 Å². The van der Waals surface area contributed by atoms with E-state index in [4.69, 9.17) is 0 Å². The Bertz CT molecular complexity index is 121. The molecule has 0 heterocycles. The molecule has 0 atom stereocenters. The summed E-state index contributed by atoms with van der Waals surface area (Å²) in [5.41, 5.74) is -0.554. The molecule has 0 fully saturated rings. The van der Waals surface area contributed by atoms with E-state index >= 15 is 0 Å². The van der Waals surface area contributed by atoms with Gasteiger partial charge < -0.3 is 10.0 Å². The third kappa shape index (κ3) is 8.52. The van der Waals surface area contributed by atoms with E-state index in [0.29, 0.717) is 0 Å². The van der Waals surface area contributed by atoms with Gasteiger partial charge in [0.25, 0.3) is 0 Å². The number of nitrogens with zero attached hydrogens (tertiary/aromatic N) is 1. The molecule has 0 unspecified atom stereocenters. The minimum Gasteiger partial charge on any atom is -0.389 e. The fourth-order valence-electron chi connectivity index (χ4n) is 1.58. The highest BCUT2D eigenvalue weighted by Crippen LogP contribution is 2.07. The average molecular weight is 201 g/mol. The number of hydrogen-bond donors (Lipinski definition) is 1. The molecule has 2 heteroatoms. The lowest BCUT2D eigenvalue weighted by Gasteiger charge is -2.28. The summed E-state index contributed by atoms with van der Waals surface area (Å²) in [5, 5.41) is 9.75. The van der Waals surface area contributed by atoms with Crippen molar-refractivity contribution in [2.45, 2.75) is 59.0 Å². The first kappa shape index (κ1) is 13.9. The molecule has 0 bridgehead atoms. The van der Waals surface area contributed by atoms with Crippen molar-refractivity contribution in [3.63, 3.8) is 0 Å². The van der Waals surface area contributed by atoms with E-state index in [1.54, 1.807) is 0 Å². The zero-order valence-electron chi connectivity index (χ0n) is 10.3. The lowest BCUT2D eigenvalue weighted by Crippen LogP contribution is -2.39. The molecule has 0 aliphatic rings. The highest BCUT2D eigenvalue weighted by Gasteiger charge is 2.17. The third-order valence-corrected chi connectivity index (χ3v) is 2.27. The van der Waals surface area contributed by atoms with Crippen LogP contribution >= 0.6 is 0 Å². The van der Waals surface area contributed by atoms with Crippen LogP contribution in [0.3, 0.4) is 0 Å². The van der Waals surface area contributed by atoms with E-state index < -0.39 is 5.60 Å². The molecule has 0 aliphatic heterocycles. The minimum absolute atomic E-state index is 0.554. The van der Waals surface area contributed by atoms with Crippen LogP contribution in [0.4, 0.5) is 0 Å². The fraction of sp³-hybridized carbons (Fsp3) is 1.00. The first-order valence-electron chi connectivity index (χ1n) is 5.94. The van der Waals surface area contributed by atoms with Crippen LogP contribution in [0.1, 0.15) is 53.4 Å². The number of unbranched alkanes of at least 4 members (excludes halogenated alkanes) is 2. The summed E-state index contributed by atoms with van der Waals surface area (Å²) < 4.78 is 0. The third-order valence-electron chi connectivity index (χ3n) is 2.27. The molecular formula is C12H27NO. The Morgan fingerprint density at radius 2 is 1.43 bits per heavy atom. The van der Waals surface area contributed by atoms with Crippen molar-refractivity contribution in [1.82, 2.24) is 4.90 Å². The predicted octanol–water partition coefficient (Wildman–Crippen LogP) is 2.66. The lowest BCUT2D eigenvalue weighted by atomic mass is 10.1. The van der Waals surface area contributed by atoms with Gasteiger partial charge in [0.2, 0.25) is 0 Å². The molecule has 0 aliphatic carbocycles. The van der Waals surface area contributed by atoms with Crippen LogP contribution in [-0.4, -0.2) is 35.2 Å².